The van der Waals surface area contributed by atoms with Gasteiger partial charge in [-0.3, -0.25) is 19.6 Å². The SMILES string of the molecule is O=C(O)C1=C(OP(=O)(c2ccccc2)c2ccccc2)CS[C@H]2[C@H](NC(c3ccccc3)(c3ccccc3)c3ccccc3)C(=O)N12. The standard InChI is InChI=1S/C38H31N2O5PS/c41-35-33(39-38(27-16-6-1-7-17-27,28-18-8-2-9-19-28)29-20-10-3-11-21-29)36-40(35)34(37(42)43)32(26-47-36)45-46(44,30-22-12-4-13-23-30)31-24-14-5-15-25-31/h1-25,33,36,39H,26H2,(H,42,43)/t33-,36+/m1/s1. The van der Waals surface area contributed by atoms with E-state index in [0.717, 1.165) is 16.7 Å². The van der Waals surface area contributed by atoms with Crippen LogP contribution < -0.4 is 15.9 Å². The van der Waals surface area contributed by atoms with Crippen molar-refractivity contribution in [2.45, 2.75) is 17.0 Å². The van der Waals surface area contributed by atoms with Crippen molar-refractivity contribution in [2.75, 3.05) is 5.75 Å². The molecule has 2 atom stereocenters. The minimum absolute atomic E-state index is 0.00188. The molecule has 5 aromatic rings. The molecule has 0 aliphatic carbocycles. The van der Waals surface area contributed by atoms with Crippen molar-refractivity contribution >= 4 is 41.6 Å². The monoisotopic (exact) mass is 658 g/mol. The molecule has 7 nitrogen and oxygen atoms in total. The second-order valence-corrected chi connectivity index (χ2v) is 14.7. The molecule has 1 amide bonds. The molecule has 7 rings (SSSR count). The van der Waals surface area contributed by atoms with Crippen molar-refractivity contribution in [3.05, 3.63) is 180 Å². The maximum Gasteiger partial charge on any atom is 0.356 e. The maximum atomic E-state index is 14.7. The molecule has 5 aromatic carbocycles. The highest BCUT2D eigenvalue weighted by atomic mass is 32.2. The lowest BCUT2D eigenvalue weighted by Crippen LogP contribution is -2.72. The van der Waals surface area contributed by atoms with Gasteiger partial charge in [0.15, 0.2) is 5.70 Å². The van der Waals surface area contributed by atoms with Gasteiger partial charge in [0.25, 0.3) is 0 Å². The number of benzene rings is 5. The largest absolute Gasteiger partial charge is 0.476 e. The van der Waals surface area contributed by atoms with Crippen LogP contribution in [0.5, 0.6) is 0 Å². The number of aliphatic carboxylic acids is 1. The summed E-state index contributed by atoms with van der Waals surface area (Å²) in [6, 6.07) is 46.6. The third kappa shape index (κ3) is 5.38. The molecule has 0 saturated carbocycles. The van der Waals surface area contributed by atoms with E-state index >= 15 is 0 Å². The van der Waals surface area contributed by atoms with E-state index in [0.29, 0.717) is 10.6 Å². The van der Waals surface area contributed by atoms with Crippen molar-refractivity contribution < 1.29 is 23.8 Å². The van der Waals surface area contributed by atoms with E-state index in [-0.39, 0.29) is 17.2 Å². The summed E-state index contributed by atoms with van der Waals surface area (Å²) in [6.07, 6.45) is 0. The van der Waals surface area contributed by atoms with Crippen LogP contribution in [0.25, 0.3) is 0 Å². The average molecular weight is 659 g/mol. The van der Waals surface area contributed by atoms with E-state index in [2.05, 4.69) is 5.32 Å². The van der Waals surface area contributed by atoms with Crippen LogP contribution in [0.1, 0.15) is 16.7 Å². The zero-order valence-electron chi connectivity index (χ0n) is 25.2. The Labute approximate surface area is 277 Å². The molecule has 9 heteroatoms. The van der Waals surface area contributed by atoms with E-state index in [1.165, 1.54) is 16.7 Å². The number of rotatable bonds is 10. The van der Waals surface area contributed by atoms with Gasteiger partial charge in [-0.15, -0.1) is 11.8 Å². The summed E-state index contributed by atoms with van der Waals surface area (Å²) >= 11 is 1.39. The van der Waals surface area contributed by atoms with E-state index < -0.39 is 36.2 Å². The Morgan fingerprint density at radius 3 is 1.53 bits per heavy atom. The number of carboxylic acid groups (broad SMARTS) is 1. The van der Waals surface area contributed by atoms with Crippen LogP contribution >= 0.6 is 19.1 Å². The summed E-state index contributed by atoms with van der Waals surface area (Å²) in [6.45, 7) is 0. The van der Waals surface area contributed by atoms with Gasteiger partial charge in [-0.25, -0.2) is 4.79 Å². The van der Waals surface area contributed by atoms with E-state index in [4.69, 9.17) is 4.52 Å². The van der Waals surface area contributed by atoms with E-state index in [1.807, 2.05) is 103 Å². The fourth-order valence-electron chi connectivity index (χ4n) is 6.37. The van der Waals surface area contributed by atoms with Crippen LogP contribution in [0, 0.1) is 0 Å². The first-order valence-electron chi connectivity index (χ1n) is 15.2. The molecule has 2 aliphatic rings. The molecular formula is C38H31N2O5PS. The number of carbonyl (C=O) groups excluding carboxylic acids is 1. The van der Waals surface area contributed by atoms with Gasteiger partial charge in [0.2, 0.25) is 5.91 Å². The molecule has 0 aromatic heterocycles. The summed E-state index contributed by atoms with van der Waals surface area (Å²) in [5.74, 6) is -1.60. The number of carboxylic acids is 1. The highest BCUT2D eigenvalue weighted by molar-refractivity contribution is 8.00. The number of β-lactam (4-membered cyclic amide) rings is 1. The number of nitrogens with one attached hydrogen (secondary N) is 1. The van der Waals surface area contributed by atoms with Crippen LogP contribution in [0.15, 0.2) is 163 Å². The number of carbonyl (C=O) groups is 2. The van der Waals surface area contributed by atoms with Crippen LogP contribution in [0.2, 0.25) is 0 Å². The summed E-state index contributed by atoms with van der Waals surface area (Å²) in [4.78, 5) is 28.3. The molecule has 234 valence electrons. The van der Waals surface area contributed by atoms with Gasteiger partial charge >= 0.3 is 13.3 Å². The van der Waals surface area contributed by atoms with Crippen LogP contribution in [-0.2, 0) is 24.2 Å². The van der Waals surface area contributed by atoms with Gasteiger partial charge in [0.05, 0.1) is 21.9 Å². The molecule has 0 spiro atoms. The van der Waals surface area contributed by atoms with Crippen LogP contribution in [0.4, 0.5) is 0 Å². The molecule has 2 aliphatic heterocycles. The van der Waals surface area contributed by atoms with Crippen molar-refractivity contribution in [1.29, 1.82) is 0 Å². The molecule has 0 radical (unpaired) electrons. The number of thioether (sulfide) groups is 1. The molecule has 1 fully saturated rings. The smallest absolute Gasteiger partial charge is 0.356 e. The Morgan fingerprint density at radius 2 is 1.13 bits per heavy atom. The Bertz CT molecular complexity index is 1840. The highest BCUT2D eigenvalue weighted by Gasteiger charge is 2.57. The first-order chi connectivity index (χ1) is 22.9. The third-order valence-electron chi connectivity index (χ3n) is 8.56. The number of nitrogens with zero attached hydrogens (tertiary/aromatic N) is 1. The van der Waals surface area contributed by atoms with Crippen molar-refractivity contribution in [3.8, 4) is 0 Å². The average Bonchev–Trinajstić information content (AvgIpc) is 3.13. The second kappa shape index (κ2) is 12.7. The first kappa shape index (κ1) is 30.8. The lowest BCUT2D eigenvalue weighted by atomic mass is 9.76. The van der Waals surface area contributed by atoms with Gasteiger partial charge in [-0.1, -0.05) is 127 Å². The first-order valence-corrected chi connectivity index (χ1v) is 17.9. The zero-order valence-corrected chi connectivity index (χ0v) is 26.9. The third-order valence-corrected chi connectivity index (χ3v) is 12.2. The highest BCUT2D eigenvalue weighted by Crippen LogP contribution is 2.51. The topological polar surface area (TPSA) is 95.9 Å². The van der Waals surface area contributed by atoms with Crippen molar-refractivity contribution in [3.63, 3.8) is 0 Å². The van der Waals surface area contributed by atoms with Crippen LogP contribution in [0.3, 0.4) is 0 Å². The summed E-state index contributed by atoms with van der Waals surface area (Å²) in [5.41, 5.74) is 1.61. The molecule has 2 heterocycles. The fraction of sp³-hybridized carbons (Fsp3) is 0.105. The minimum Gasteiger partial charge on any atom is -0.476 e. The molecule has 0 bridgehead atoms. The number of amides is 1. The Balaban J connectivity index is 1.29. The molecule has 47 heavy (non-hydrogen) atoms. The number of fused-ring (bicyclic) bond motifs is 1. The van der Waals surface area contributed by atoms with Crippen molar-refractivity contribution in [1.82, 2.24) is 10.2 Å². The minimum atomic E-state index is -3.77. The van der Waals surface area contributed by atoms with Gasteiger partial charge in [0.1, 0.15) is 17.2 Å². The van der Waals surface area contributed by atoms with Gasteiger partial charge < -0.3 is 9.63 Å². The maximum absolute atomic E-state index is 14.7. The lowest BCUT2D eigenvalue weighted by molar-refractivity contribution is -0.150. The quantitative estimate of drug-likeness (QED) is 0.107. The predicted octanol–water partition coefficient (Wildman–Crippen LogP) is 6.09. The van der Waals surface area contributed by atoms with Gasteiger partial charge in [-0.2, -0.15) is 0 Å². The zero-order chi connectivity index (χ0) is 32.4. The predicted molar refractivity (Wildman–Crippen MR) is 185 cm³/mol. The van der Waals surface area contributed by atoms with Crippen LogP contribution in [-0.4, -0.2) is 39.1 Å². The lowest BCUT2D eigenvalue weighted by Gasteiger charge is -2.52. The molecular weight excluding hydrogens is 627 g/mol. The Morgan fingerprint density at radius 1 is 0.723 bits per heavy atom. The van der Waals surface area contributed by atoms with E-state index in [1.54, 1.807) is 48.5 Å². The Hall–Kier alpha value is -4.88. The van der Waals surface area contributed by atoms with E-state index in [9.17, 15) is 19.3 Å². The Kier molecular flexibility index (Phi) is 8.33. The second-order valence-electron chi connectivity index (χ2n) is 11.3. The fourth-order valence-corrected chi connectivity index (χ4v) is 9.81. The molecule has 0 unspecified atom stereocenters. The number of hydrogen-bond donors (Lipinski definition) is 2. The number of hydrogen-bond acceptors (Lipinski definition) is 6. The van der Waals surface area contributed by atoms with Crippen molar-refractivity contribution in [2.24, 2.45) is 0 Å². The normalized spacial score (nSPS) is 17.9. The molecule has 2 N–H and O–H groups in total. The summed E-state index contributed by atoms with van der Waals surface area (Å²) in [7, 11) is -3.77. The van der Waals surface area contributed by atoms with Gasteiger partial charge in [0, 0.05) is 0 Å². The molecule has 1 saturated heterocycles. The summed E-state index contributed by atoms with van der Waals surface area (Å²) in [5, 5.41) is 14.5. The summed E-state index contributed by atoms with van der Waals surface area (Å²) < 4.78 is 21.0. The van der Waals surface area contributed by atoms with Gasteiger partial charge in [-0.05, 0) is 41.0 Å².